The molecule has 7 atom stereocenters. The van der Waals surface area contributed by atoms with Gasteiger partial charge in [-0.2, -0.15) is 0 Å². The van der Waals surface area contributed by atoms with Gasteiger partial charge in [-0.3, -0.25) is 14.4 Å². The summed E-state index contributed by atoms with van der Waals surface area (Å²) < 4.78 is 6.16. The number of nitrogens with zero attached hydrogens (tertiary/aromatic N) is 1. The van der Waals surface area contributed by atoms with Crippen LogP contribution in [0, 0.1) is 15.4 Å². The molecule has 1 aliphatic heterocycles. The van der Waals surface area contributed by atoms with Crippen molar-refractivity contribution in [2.75, 3.05) is 7.05 Å². The highest BCUT2D eigenvalue weighted by atomic mass is 127. The number of hydrogen-bond acceptors (Lipinski definition) is 7. The predicted octanol–water partition coefficient (Wildman–Crippen LogP) is 2.68. The molecule has 2 rings (SSSR count). The molecule has 1 heterocycles. The van der Waals surface area contributed by atoms with Crippen LogP contribution in [-0.2, 0) is 30.3 Å². The molecule has 40 heavy (non-hydrogen) atoms. The van der Waals surface area contributed by atoms with Crippen LogP contribution in [0.1, 0.15) is 59.9 Å². The minimum absolute atomic E-state index is 0.0446. The number of ether oxygens (including phenoxy) is 1. The summed E-state index contributed by atoms with van der Waals surface area (Å²) in [6.07, 6.45) is 1.34. The number of nitrogens with one attached hydrogen (secondary N) is 2. The first-order valence-corrected chi connectivity index (χ1v) is 14.6. The highest BCUT2D eigenvalue weighted by molar-refractivity contribution is 14.1. The molecule has 3 amide bonds. The average Bonchev–Trinajstić information content (AvgIpc) is 2.85. The first-order chi connectivity index (χ1) is 18.6. The van der Waals surface area contributed by atoms with Gasteiger partial charge >= 0.3 is 5.97 Å². The van der Waals surface area contributed by atoms with Crippen molar-refractivity contribution in [3.63, 3.8) is 0 Å². The number of aliphatic hydroxyl groups excluding tert-OH is 1. The van der Waals surface area contributed by atoms with E-state index < -0.39 is 48.1 Å². The summed E-state index contributed by atoms with van der Waals surface area (Å²) >= 11 is 1.96. The van der Waals surface area contributed by atoms with Crippen LogP contribution in [0.4, 0.5) is 0 Å². The summed E-state index contributed by atoms with van der Waals surface area (Å²) in [4.78, 5) is 54.2. The minimum atomic E-state index is -1.36. The molecule has 11 heteroatoms. The smallest absolute Gasteiger partial charge is 0.331 e. The van der Waals surface area contributed by atoms with E-state index in [1.165, 1.54) is 24.9 Å². The van der Waals surface area contributed by atoms with Gasteiger partial charge in [-0.05, 0) is 86.7 Å². The highest BCUT2D eigenvalue weighted by Crippen LogP contribution is 2.23. The number of benzene rings is 1. The van der Waals surface area contributed by atoms with Crippen LogP contribution in [0.3, 0.4) is 0 Å². The van der Waals surface area contributed by atoms with Gasteiger partial charge in [0.15, 0.2) is 6.04 Å². The summed E-state index contributed by atoms with van der Waals surface area (Å²) in [6.45, 7) is 10.4. The third-order valence-corrected chi connectivity index (χ3v) is 7.85. The number of rotatable bonds is 3. The van der Waals surface area contributed by atoms with Gasteiger partial charge < -0.3 is 30.5 Å². The van der Waals surface area contributed by atoms with E-state index in [0.717, 1.165) is 5.57 Å². The van der Waals surface area contributed by atoms with Gasteiger partial charge in [-0.1, -0.05) is 31.6 Å². The average molecular weight is 672 g/mol. The Labute approximate surface area is 250 Å². The molecule has 0 spiro atoms. The van der Waals surface area contributed by atoms with Crippen LogP contribution in [-0.4, -0.2) is 76.2 Å². The van der Waals surface area contributed by atoms with E-state index in [0.29, 0.717) is 22.0 Å². The Morgan fingerprint density at radius 3 is 2.35 bits per heavy atom. The predicted molar refractivity (Wildman–Crippen MR) is 159 cm³/mol. The zero-order valence-electron chi connectivity index (χ0n) is 24.2. The van der Waals surface area contributed by atoms with Gasteiger partial charge in [0.25, 0.3) is 0 Å². The summed E-state index contributed by atoms with van der Waals surface area (Å²) in [5.74, 6) is -2.48. The van der Waals surface area contributed by atoms with Crippen molar-refractivity contribution in [2.45, 2.75) is 91.1 Å². The maximum Gasteiger partial charge on any atom is 0.331 e. The van der Waals surface area contributed by atoms with Gasteiger partial charge in [0, 0.05) is 19.4 Å². The lowest BCUT2D eigenvalue weighted by molar-refractivity contribution is -0.156. The Morgan fingerprint density at radius 2 is 1.75 bits per heavy atom. The van der Waals surface area contributed by atoms with Crippen LogP contribution in [0.15, 0.2) is 29.8 Å². The number of halogens is 1. The minimum Gasteiger partial charge on any atom is -0.507 e. The van der Waals surface area contributed by atoms with Crippen molar-refractivity contribution in [2.24, 2.45) is 11.8 Å². The Bertz CT molecular complexity index is 1120. The van der Waals surface area contributed by atoms with Crippen molar-refractivity contribution in [3.05, 3.63) is 39.0 Å². The van der Waals surface area contributed by atoms with Crippen molar-refractivity contribution >= 4 is 46.3 Å². The molecule has 0 unspecified atom stereocenters. The number of phenols is 1. The third-order valence-electron chi connectivity index (χ3n) is 6.99. The van der Waals surface area contributed by atoms with Gasteiger partial charge in [-0.15, -0.1) is 0 Å². The fraction of sp³-hybridized carbons (Fsp3) is 0.586. The van der Waals surface area contributed by atoms with Gasteiger partial charge in [-0.25, -0.2) is 4.79 Å². The monoisotopic (exact) mass is 671 g/mol. The number of cyclic esters (lactones) is 1. The van der Waals surface area contributed by atoms with E-state index in [1.807, 2.05) is 42.5 Å². The Hall–Kier alpha value is -2.67. The molecule has 0 saturated carbocycles. The first-order valence-electron chi connectivity index (χ1n) is 13.5. The van der Waals surface area contributed by atoms with Crippen LogP contribution < -0.4 is 10.6 Å². The second kappa shape index (κ2) is 14.8. The van der Waals surface area contributed by atoms with Crippen LogP contribution in [0.25, 0.3) is 0 Å². The lowest BCUT2D eigenvalue weighted by Crippen LogP contribution is -2.58. The van der Waals surface area contributed by atoms with Crippen molar-refractivity contribution in [1.82, 2.24) is 15.5 Å². The molecule has 1 aromatic carbocycles. The number of esters is 1. The van der Waals surface area contributed by atoms with E-state index in [-0.39, 0.29) is 29.9 Å². The number of carbonyl (C=O) groups is 4. The first kappa shape index (κ1) is 33.5. The zero-order chi connectivity index (χ0) is 30.3. The van der Waals surface area contributed by atoms with Crippen molar-refractivity contribution in [3.8, 4) is 5.75 Å². The number of allylic oxidation sites excluding steroid dienone is 2. The second-order valence-electron chi connectivity index (χ2n) is 11.0. The quantitative estimate of drug-likeness (QED) is 0.220. The molecular formula is C29H42IN3O7. The van der Waals surface area contributed by atoms with Gasteiger partial charge in [0.2, 0.25) is 17.7 Å². The lowest BCUT2D eigenvalue weighted by Gasteiger charge is -2.32. The molecule has 0 bridgehead atoms. The van der Waals surface area contributed by atoms with E-state index in [1.54, 1.807) is 32.9 Å². The van der Waals surface area contributed by atoms with Crippen LogP contribution >= 0.6 is 22.6 Å². The molecule has 1 aliphatic rings. The molecular weight excluding hydrogens is 629 g/mol. The number of aliphatic hydroxyl groups is 1. The molecule has 0 aromatic heterocycles. The maximum atomic E-state index is 13.6. The standard InChI is InChI=1S/C29H42IN3O7/c1-15-10-16(2)12-18(4)40-29(39)25(20(6)34)32-27(37)23(14-21-8-9-24(35)22(30)13-21)33(7)28(38)19(5)31-26(36)17(3)11-15/h8-10,13,16-20,23,25,34-35H,11-12,14H2,1-7H3,(H,31,36)(H,32,37)/t16-,17-,18-,19-,20+,23+,25-/m0/s1. The van der Waals surface area contributed by atoms with Crippen molar-refractivity contribution < 1.29 is 34.1 Å². The van der Waals surface area contributed by atoms with Gasteiger partial charge in [0.05, 0.1) is 15.8 Å². The number of carbonyl (C=O) groups excluding carboxylic acids is 4. The van der Waals surface area contributed by atoms with E-state index in [4.69, 9.17) is 4.74 Å². The fourth-order valence-corrected chi connectivity index (χ4v) is 5.43. The van der Waals surface area contributed by atoms with Gasteiger partial charge in [0.1, 0.15) is 17.8 Å². The molecule has 222 valence electrons. The van der Waals surface area contributed by atoms with Crippen LogP contribution in [0.5, 0.6) is 5.75 Å². The Morgan fingerprint density at radius 1 is 1.10 bits per heavy atom. The fourth-order valence-electron chi connectivity index (χ4n) is 4.85. The third kappa shape index (κ3) is 9.46. The molecule has 10 nitrogen and oxygen atoms in total. The molecule has 4 N–H and O–H groups in total. The summed E-state index contributed by atoms with van der Waals surface area (Å²) in [5.41, 5.74) is 1.67. The van der Waals surface area contributed by atoms with Crippen LogP contribution in [0.2, 0.25) is 0 Å². The van der Waals surface area contributed by atoms with E-state index in [9.17, 15) is 29.4 Å². The lowest BCUT2D eigenvalue weighted by atomic mass is 9.95. The maximum absolute atomic E-state index is 13.6. The van der Waals surface area contributed by atoms with Crippen molar-refractivity contribution in [1.29, 1.82) is 0 Å². The molecule has 0 fully saturated rings. The summed E-state index contributed by atoms with van der Waals surface area (Å²) in [5, 5.41) is 25.6. The molecule has 0 saturated heterocycles. The topological polar surface area (TPSA) is 145 Å². The molecule has 0 radical (unpaired) electrons. The molecule has 0 aliphatic carbocycles. The summed E-state index contributed by atoms with van der Waals surface area (Å²) in [6, 6.07) is 1.46. The van der Waals surface area contributed by atoms with E-state index in [2.05, 4.69) is 10.6 Å². The largest absolute Gasteiger partial charge is 0.507 e. The second-order valence-corrected chi connectivity index (χ2v) is 12.2. The number of aromatic hydroxyl groups is 1. The number of amides is 3. The SMILES string of the molecule is CC1=C[C@H](C)C[C@H](C)OC(=O)[C@H]([C@@H](C)O)NC(=O)[C@@H](Cc2ccc(O)c(I)c2)N(C)C(=O)[C@H](C)NC(=O)[C@@H](C)C1. The Kier molecular flexibility index (Phi) is 12.4. The molecule has 1 aromatic rings. The Balaban J connectivity index is 2.48. The summed E-state index contributed by atoms with van der Waals surface area (Å²) in [7, 11) is 1.45. The number of phenolic OH excluding ortho intramolecular Hbond substituents is 1. The zero-order valence-corrected chi connectivity index (χ0v) is 26.4. The number of likely N-dealkylation sites (N-methyl/N-ethyl adjacent to an activating group) is 1. The number of hydrogen-bond donors (Lipinski definition) is 4. The normalized spacial score (nSPS) is 28.9. The highest BCUT2D eigenvalue weighted by Gasteiger charge is 2.35. The van der Waals surface area contributed by atoms with E-state index >= 15 is 0 Å².